The van der Waals surface area contributed by atoms with Gasteiger partial charge >= 0.3 is 0 Å². The van der Waals surface area contributed by atoms with Crippen LogP contribution in [0.5, 0.6) is 5.75 Å². The van der Waals surface area contributed by atoms with Crippen LogP contribution in [0, 0.1) is 6.92 Å². The maximum Gasteiger partial charge on any atom is 0.119 e. The van der Waals surface area contributed by atoms with Crippen LogP contribution in [-0.2, 0) is 0 Å². The predicted octanol–water partition coefficient (Wildman–Crippen LogP) is 1.97. The average molecular weight is 164 g/mol. The molecule has 0 unspecified atom stereocenters. The van der Waals surface area contributed by atoms with Gasteiger partial charge in [-0.15, -0.1) is 0 Å². The average Bonchev–Trinajstić information content (AvgIpc) is 2.06. The number of benzene rings is 1. The second-order valence-corrected chi connectivity index (χ2v) is 2.74. The highest BCUT2D eigenvalue weighted by molar-refractivity contribution is 5.47. The summed E-state index contributed by atoms with van der Waals surface area (Å²) in [6.45, 7) is 4.08. The van der Waals surface area contributed by atoms with Crippen LogP contribution in [0.3, 0.4) is 0 Å². The fourth-order valence-electron chi connectivity index (χ4n) is 0.958. The van der Waals surface area contributed by atoms with Crippen molar-refractivity contribution in [3.8, 4) is 5.75 Å². The van der Waals surface area contributed by atoms with Crippen LogP contribution < -0.4 is 9.64 Å². The van der Waals surface area contributed by atoms with E-state index in [1.165, 1.54) is 5.69 Å². The molecule has 0 saturated carbocycles. The Balaban J connectivity index is 2.71. The van der Waals surface area contributed by atoms with E-state index in [-0.39, 0.29) is 0 Å². The van der Waals surface area contributed by atoms with Crippen molar-refractivity contribution in [2.45, 2.75) is 0 Å². The molecule has 0 aromatic heterocycles. The van der Waals surface area contributed by atoms with Gasteiger partial charge in [-0.1, -0.05) is 0 Å². The summed E-state index contributed by atoms with van der Waals surface area (Å²) in [5, 5.41) is 0. The van der Waals surface area contributed by atoms with Crippen molar-refractivity contribution in [2.75, 3.05) is 25.6 Å². The van der Waals surface area contributed by atoms with Crippen molar-refractivity contribution in [2.24, 2.45) is 0 Å². The second kappa shape index (κ2) is 4.00. The number of anilines is 1. The van der Waals surface area contributed by atoms with Crippen LogP contribution in [0.4, 0.5) is 5.69 Å². The van der Waals surface area contributed by atoms with Crippen LogP contribution in [0.1, 0.15) is 0 Å². The summed E-state index contributed by atoms with van der Waals surface area (Å²) in [7, 11) is 4.02. The highest BCUT2D eigenvalue weighted by Crippen LogP contribution is 2.16. The molecule has 1 aromatic rings. The zero-order valence-corrected chi connectivity index (χ0v) is 7.58. The minimum atomic E-state index is 0.474. The standard InChI is InChI=1S/C10H14NO/c1-4-12-10-7-5-9(6-8-10)11(2)3/h5-8H,1,4H2,2-3H3. The molecule has 0 aliphatic carbocycles. The number of hydrogen-bond donors (Lipinski definition) is 0. The first-order chi connectivity index (χ1) is 5.74. The zero-order valence-electron chi connectivity index (χ0n) is 7.58. The van der Waals surface area contributed by atoms with Gasteiger partial charge < -0.3 is 9.64 Å². The van der Waals surface area contributed by atoms with Crippen LogP contribution in [0.25, 0.3) is 0 Å². The van der Waals surface area contributed by atoms with E-state index >= 15 is 0 Å². The van der Waals surface area contributed by atoms with Crippen molar-refractivity contribution < 1.29 is 4.74 Å². The Hall–Kier alpha value is -1.18. The van der Waals surface area contributed by atoms with Crippen LogP contribution >= 0.6 is 0 Å². The predicted molar refractivity (Wildman–Crippen MR) is 51.6 cm³/mol. The maximum absolute atomic E-state index is 5.21. The van der Waals surface area contributed by atoms with E-state index < -0.39 is 0 Å². The maximum atomic E-state index is 5.21. The molecule has 1 radical (unpaired) electrons. The van der Waals surface area contributed by atoms with Crippen LogP contribution in [0.2, 0.25) is 0 Å². The lowest BCUT2D eigenvalue weighted by molar-refractivity contribution is 0.361. The van der Waals surface area contributed by atoms with Gasteiger partial charge in [-0.05, 0) is 31.2 Å². The highest BCUT2D eigenvalue weighted by Gasteiger charge is 1.94. The molecule has 0 saturated heterocycles. The smallest absolute Gasteiger partial charge is 0.119 e. The minimum absolute atomic E-state index is 0.474. The zero-order chi connectivity index (χ0) is 8.97. The van der Waals surface area contributed by atoms with E-state index in [1.54, 1.807) is 0 Å². The van der Waals surface area contributed by atoms with Crippen LogP contribution in [0.15, 0.2) is 24.3 Å². The normalized spacial score (nSPS) is 9.58. The van der Waals surface area contributed by atoms with Gasteiger partial charge in [0.25, 0.3) is 0 Å². The Labute approximate surface area is 73.8 Å². The van der Waals surface area contributed by atoms with Crippen molar-refractivity contribution in [3.05, 3.63) is 31.2 Å². The largest absolute Gasteiger partial charge is 0.494 e. The van der Waals surface area contributed by atoms with E-state index in [0.717, 1.165) is 5.75 Å². The topological polar surface area (TPSA) is 12.5 Å². The molecule has 2 heteroatoms. The molecule has 1 aromatic carbocycles. The highest BCUT2D eigenvalue weighted by atomic mass is 16.5. The Morgan fingerprint density at radius 3 is 2.25 bits per heavy atom. The lowest BCUT2D eigenvalue weighted by Gasteiger charge is -2.12. The minimum Gasteiger partial charge on any atom is -0.494 e. The van der Waals surface area contributed by atoms with E-state index in [0.29, 0.717) is 6.61 Å². The third kappa shape index (κ3) is 2.16. The van der Waals surface area contributed by atoms with Gasteiger partial charge in [0.15, 0.2) is 0 Å². The first kappa shape index (κ1) is 8.91. The SMILES string of the molecule is [CH2]COc1ccc(N(C)C)cc1. The molecular formula is C10H14NO. The molecule has 2 nitrogen and oxygen atoms in total. The fraction of sp³-hybridized carbons (Fsp3) is 0.300. The lowest BCUT2D eigenvalue weighted by atomic mass is 10.3. The van der Waals surface area contributed by atoms with Gasteiger partial charge in [0.05, 0.1) is 6.61 Å². The summed E-state index contributed by atoms with van der Waals surface area (Å²) >= 11 is 0. The Kier molecular flexibility index (Phi) is 2.97. The molecular weight excluding hydrogens is 150 g/mol. The number of ether oxygens (including phenoxy) is 1. The summed E-state index contributed by atoms with van der Waals surface area (Å²) in [5.74, 6) is 0.871. The monoisotopic (exact) mass is 164 g/mol. The molecule has 0 aliphatic rings. The second-order valence-electron chi connectivity index (χ2n) is 2.74. The van der Waals surface area contributed by atoms with Gasteiger partial charge in [0.1, 0.15) is 5.75 Å². The third-order valence-electron chi connectivity index (χ3n) is 1.62. The van der Waals surface area contributed by atoms with Gasteiger partial charge in [-0.2, -0.15) is 0 Å². The first-order valence-corrected chi connectivity index (χ1v) is 3.93. The number of nitrogens with zero attached hydrogens (tertiary/aromatic N) is 1. The van der Waals surface area contributed by atoms with E-state index in [2.05, 4.69) is 6.92 Å². The molecule has 0 aliphatic heterocycles. The van der Waals surface area contributed by atoms with Crippen LogP contribution in [-0.4, -0.2) is 20.7 Å². The fourth-order valence-corrected chi connectivity index (χ4v) is 0.958. The molecule has 0 N–H and O–H groups in total. The molecule has 0 fully saturated rings. The number of rotatable bonds is 3. The van der Waals surface area contributed by atoms with Gasteiger partial charge in [-0.25, -0.2) is 0 Å². The summed E-state index contributed by atoms with van der Waals surface area (Å²) in [6, 6.07) is 7.93. The third-order valence-corrected chi connectivity index (χ3v) is 1.62. The molecule has 0 spiro atoms. The van der Waals surface area contributed by atoms with E-state index in [9.17, 15) is 0 Å². The lowest BCUT2D eigenvalue weighted by Crippen LogP contribution is -2.08. The summed E-state index contributed by atoms with van der Waals surface area (Å²) < 4.78 is 5.21. The molecule has 65 valence electrons. The first-order valence-electron chi connectivity index (χ1n) is 3.93. The molecule has 12 heavy (non-hydrogen) atoms. The Bertz CT molecular complexity index is 228. The van der Waals surface area contributed by atoms with E-state index in [4.69, 9.17) is 4.74 Å². The van der Waals surface area contributed by atoms with Crippen molar-refractivity contribution in [1.29, 1.82) is 0 Å². The van der Waals surface area contributed by atoms with Crippen molar-refractivity contribution >= 4 is 5.69 Å². The van der Waals surface area contributed by atoms with Gasteiger partial charge in [0.2, 0.25) is 0 Å². The van der Waals surface area contributed by atoms with Crippen molar-refractivity contribution in [3.63, 3.8) is 0 Å². The van der Waals surface area contributed by atoms with Crippen molar-refractivity contribution in [1.82, 2.24) is 0 Å². The Morgan fingerprint density at radius 1 is 1.25 bits per heavy atom. The summed E-state index contributed by atoms with van der Waals surface area (Å²) in [6.07, 6.45) is 0. The van der Waals surface area contributed by atoms with Gasteiger partial charge in [-0.3, -0.25) is 0 Å². The molecule has 0 atom stereocenters. The quantitative estimate of drug-likeness (QED) is 0.677. The van der Waals surface area contributed by atoms with Gasteiger partial charge in [0, 0.05) is 19.8 Å². The Morgan fingerprint density at radius 2 is 1.83 bits per heavy atom. The molecule has 0 heterocycles. The molecule has 1 rings (SSSR count). The molecule has 0 amide bonds. The van der Waals surface area contributed by atoms with E-state index in [1.807, 2.05) is 43.3 Å². The summed E-state index contributed by atoms with van der Waals surface area (Å²) in [4.78, 5) is 2.05. The molecule has 0 bridgehead atoms. The summed E-state index contributed by atoms with van der Waals surface area (Å²) in [5.41, 5.74) is 1.17. The number of hydrogen-bond acceptors (Lipinski definition) is 2.